The molecule has 2 aromatic rings. The molecule has 114 valence electrons. The molecule has 3 nitrogen and oxygen atoms in total. The van der Waals surface area contributed by atoms with Crippen molar-refractivity contribution in [2.75, 3.05) is 11.9 Å². The van der Waals surface area contributed by atoms with Gasteiger partial charge in [0.15, 0.2) is 0 Å². The van der Waals surface area contributed by atoms with Gasteiger partial charge in [-0.25, -0.2) is 13.6 Å². The maximum absolute atomic E-state index is 13.4. The first-order valence-corrected chi connectivity index (χ1v) is 7.22. The smallest absolute Gasteiger partial charge is 0.317 e. The number of rotatable bonds is 2. The van der Waals surface area contributed by atoms with Crippen LogP contribution in [0.25, 0.3) is 0 Å². The monoisotopic (exact) mass is 302 g/mol. The Balaban J connectivity index is 1.76. The first kappa shape index (κ1) is 14.5. The lowest BCUT2D eigenvalue weighted by Gasteiger charge is -2.25. The summed E-state index contributed by atoms with van der Waals surface area (Å²) in [6.45, 7) is 0.600. The van der Waals surface area contributed by atoms with Gasteiger partial charge in [0.1, 0.15) is 11.6 Å². The van der Waals surface area contributed by atoms with Gasteiger partial charge in [0.2, 0.25) is 0 Å². The lowest BCUT2D eigenvalue weighted by Crippen LogP contribution is -2.34. The molecule has 0 aliphatic carbocycles. The van der Waals surface area contributed by atoms with E-state index in [2.05, 4.69) is 5.32 Å². The molecule has 0 aromatic heterocycles. The topological polar surface area (TPSA) is 32.3 Å². The third-order valence-electron chi connectivity index (χ3n) is 3.82. The molecule has 2 aromatic carbocycles. The van der Waals surface area contributed by atoms with Crippen molar-refractivity contribution >= 4 is 11.7 Å². The van der Waals surface area contributed by atoms with E-state index in [-0.39, 0.29) is 17.9 Å². The second-order valence-corrected chi connectivity index (χ2v) is 5.35. The van der Waals surface area contributed by atoms with Crippen molar-refractivity contribution in [3.8, 4) is 0 Å². The van der Waals surface area contributed by atoms with Gasteiger partial charge in [-0.3, -0.25) is 0 Å². The number of anilines is 1. The Morgan fingerprint density at radius 3 is 2.55 bits per heavy atom. The number of halogens is 2. The van der Waals surface area contributed by atoms with E-state index in [0.29, 0.717) is 12.2 Å². The second-order valence-electron chi connectivity index (χ2n) is 5.35. The summed E-state index contributed by atoms with van der Waals surface area (Å²) in [6, 6.07) is 11.6. The van der Waals surface area contributed by atoms with Crippen LogP contribution < -0.4 is 5.32 Å². The van der Waals surface area contributed by atoms with Gasteiger partial charge in [0.05, 0.1) is 6.04 Å². The van der Waals surface area contributed by atoms with Crippen LogP contribution in [0.5, 0.6) is 0 Å². The molecule has 0 radical (unpaired) electrons. The Morgan fingerprint density at radius 1 is 1.09 bits per heavy atom. The Hall–Kier alpha value is -2.43. The molecule has 3 rings (SSSR count). The molecule has 0 spiro atoms. The summed E-state index contributed by atoms with van der Waals surface area (Å²) in [7, 11) is 0. The highest BCUT2D eigenvalue weighted by atomic mass is 19.1. The van der Waals surface area contributed by atoms with Gasteiger partial charge in [-0.05, 0) is 48.7 Å². The summed E-state index contributed by atoms with van der Waals surface area (Å²) in [5.41, 5.74) is 1.20. The average Bonchev–Trinajstić information content (AvgIpc) is 2.97. The number of hydrogen-bond acceptors (Lipinski definition) is 1. The number of hydrogen-bond donors (Lipinski definition) is 1. The standard InChI is InChI=1S/C17H16F2N2O/c18-13-5-1-4-12(10-13)16-8-3-9-21(16)17(22)20-15-7-2-6-14(19)11-15/h1-2,4-7,10-11,16H,3,8-9H2,(H,20,22)/t16-/m1/s1. The molecular formula is C17H16F2N2O. The third kappa shape index (κ3) is 3.08. The van der Waals surface area contributed by atoms with Crippen molar-refractivity contribution in [3.63, 3.8) is 0 Å². The number of amides is 2. The van der Waals surface area contributed by atoms with Crippen LogP contribution in [0.1, 0.15) is 24.4 Å². The number of nitrogens with zero attached hydrogens (tertiary/aromatic N) is 1. The quantitative estimate of drug-likeness (QED) is 0.879. The molecule has 22 heavy (non-hydrogen) atoms. The van der Waals surface area contributed by atoms with Crippen molar-refractivity contribution in [2.45, 2.75) is 18.9 Å². The molecule has 1 N–H and O–H groups in total. The number of carbonyl (C=O) groups excluding carboxylic acids is 1. The minimum Gasteiger partial charge on any atom is -0.317 e. The van der Waals surface area contributed by atoms with E-state index in [1.54, 1.807) is 23.1 Å². The van der Waals surface area contributed by atoms with E-state index in [4.69, 9.17) is 0 Å². The predicted molar refractivity (Wildman–Crippen MR) is 80.5 cm³/mol. The molecule has 1 heterocycles. The molecular weight excluding hydrogens is 286 g/mol. The fraction of sp³-hybridized carbons (Fsp3) is 0.235. The summed E-state index contributed by atoms with van der Waals surface area (Å²) in [5.74, 6) is -0.712. The lowest BCUT2D eigenvalue weighted by molar-refractivity contribution is 0.207. The third-order valence-corrected chi connectivity index (χ3v) is 3.82. The summed E-state index contributed by atoms with van der Waals surface area (Å²) < 4.78 is 26.6. The minimum atomic E-state index is -0.402. The molecule has 1 fully saturated rings. The Kier molecular flexibility index (Phi) is 4.04. The van der Waals surface area contributed by atoms with Crippen LogP contribution in [0, 0.1) is 11.6 Å². The van der Waals surface area contributed by atoms with Crippen LogP contribution in [0.2, 0.25) is 0 Å². The van der Waals surface area contributed by atoms with Crippen LogP contribution >= 0.6 is 0 Å². The van der Waals surface area contributed by atoms with Gasteiger partial charge in [-0.2, -0.15) is 0 Å². The highest BCUT2D eigenvalue weighted by Crippen LogP contribution is 2.32. The molecule has 1 atom stereocenters. The SMILES string of the molecule is O=C(Nc1cccc(F)c1)N1CCC[C@@H]1c1cccc(F)c1. The molecule has 0 bridgehead atoms. The maximum atomic E-state index is 13.4. The average molecular weight is 302 g/mol. The highest BCUT2D eigenvalue weighted by molar-refractivity contribution is 5.89. The van der Waals surface area contributed by atoms with E-state index in [9.17, 15) is 13.6 Å². The number of carbonyl (C=O) groups is 1. The molecule has 2 amide bonds. The zero-order chi connectivity index (χ0) is 15.5. The molecule has 1 saturated heterocycles. The van der Waals surface area contributed by atoms with E-state index >= 15 is 0 Å². The van der Waals surface area contributed by atoms with Crippen LogP contribution in [0.3, 0.4) is 0 Å². The summed E-state index contributed by atoms with van der Waals surface area (Å²) in [5, 5.41) is 2.69. The number of nitrogens with one attached hydrogen (secondary N) is 1. The van der Waals surface area contributed by atoms with E-state index in [1.807, 2.05) is 6.07 Å². The summed E-state index contributed by atoms with van der Waals surface area (Å²) in [6.07, 6.45) is 1.65. The van der Waals surface area contributed by atoms with Crippen LogP contribution in [0.15, 0.2) is 48.5 Å². The van der Waals surface area contributed by atoms with Crippen molar-refractivity contribution in [2.24, 2.45) is 0 Å². The van der Waals surface area contributed by atoms with Gasteiger partial charge in [0.25, 0.3) is 0 Å². The molecule has 5 heteroatoms. The number of likely N-dealkylation sites (tertiary alicyclic amines) is 1. The van der Waals surface area contributed by atoms with Crippen LogP contribution in [0.4, 0.5) is 19.3 Å². The number of benzene rings is 2. The van der Waals surface area contributed by atoms with Gasteiger partial charge in [-0.15, -0.1) is 0 Å². The Bertz CT molecular complexity index is 690. The molecule has 1 aliphatic rings. The predicted octanol–water partition coefficient (Wildman–Crippen LogP) is 4.33. The van der Waals surface area contributed by atoms with E-state index in [1.165, 1.54) is 24.3 Å². The summed E-state index contributed by atoms with van der Waals surface area (Å²) >= 11 is 0. The minimum absolute atomic E-state index is 0.149. The first-order chi connectivity index (χ1) is 10.6. The second kappa shape index (κ2) is 6.13. The Morgan fingerprint density at radius 2 is 1.82 bits per heavy atom. The number of urea groups is 1. The molecule has 0 saturated carbocycles. The van der Waals surface area contributed by atoms with Crippen molar-refractivity contribution in [1.82, 2.24) is 4.90 Å². The fourth-order valence-electron chi connectivity index (χ4n) is 2.83. The fourth-order valence-corrected chi connectivity index (χ4v) is 2.83. The zero-order valence-corrected chi connectivity index (χ0v) is 11.9. The van der Waals surface area contributed by atoms with Crippen molar-refractivity contribution < 1.29 is 13.6 Å². The van der Waals surface area contributed by atoms with Crippen molar-refractivity contribution in [3.05, 3.63) is 65.7 Å². The van der Waals surface area contributed by atoms with Gasteiger partial charge in [-0.1, -0.05) is 18.2 Å². The molecule has 1 aliphatic heterocycles. The maximum Gasteiger partial charge on any atom is 0.322 e. The van der Waals surface area contributed by atoms with Crippen LogP contribution in [-0.4, -0.2) is 17.5 Å². The summed E-state index contributed by atoms with van der Waals surface area (Å²) in [4.78, 5) is 14.1. The highest BCUT2D eigenvalue weighted by Gasteiger charge is 2.30. The lowest BCUT2D eigenvalue weighted by atomic mass is 10.0. The van der Waals surface area contributed by atoms with E-state index in [0.717, 1.165) is 18.4 Å². The van der Waals surface area contributed by atoms with Crippen LogP contribution in [-0.2, 0) is 0 Å². The van der Waals surface area contributed by atoms with E-state index < -0.39 is 5.82 Å². The first-order valence-electron chi connectivity index (χ1n) is 7.22. The zero-order valence-electron chi connectivity index (χ0n) is 11.9. The van der Waals surface area contributed by atoms with Gasteiger partial charge < -0.3 is 10.2 Å². The molecule has 0 unspecified atom stereocenters. The van der Waals surface area contributed by atoms with Gasteiger partial charge >= 0.3 is 6.03 Å². The normalized spacial score (nSPS) is 17.5. The van der Waals surface area contributed by atoms with Gasteiger partial charge in [0, 0.05) is 12.2 Å². The van der Waals surface area contributed by atoms with Crippen molar-refractivity contribution in [1.29, 1.82) is 0 Å². The Labute approximate surface area is 127 Å². The largest absolute Gasteiger partial charge is 0.322 e.